The van der Waals surface area contributed by atoms with Crippen LogP contribution in [0.5, 0.6) is 5.75 Å². The molecule has 2 aliphatic heterocycles. The molecular formula is C32H43N3O4. The van der Waals surface area contributed by atoms with Gasteiger partial charge in [-0.25, -0.2) is 0 Å². The SMILES string of the molecule is C/C=C/NC(=O)C1=Cc2cc(-c3ccc(OCCOCCCC)cc3)ccc2N(C[C@@H]2COCCN2C)CC1. The van der Waals surface area contributed by atoms with E-state index in [1.54, 1.807) is 6.20 Å². The molecular weight excluding hydrogens is 490 g/mol. The molecule has 1 saturated heterocycles. The number of allylic oxidation sites excluding steroid dienone is 1. The minimum atomic E-state index is -0.0513. The molecule has 0 saturated carbocycles. The molecule has 2 aliphatic rings. The molecule has 1 N–H and O–H groups in total. The van der Waals surface area contributed by atoms with Gasteiger partial charge in [-0.3, -0.25) is 9.69 Å². The van der Waals surface area contributed by atoms with Gasteiger partial charge in [0.05, 0.1) is 25.9 Å². The Labute approximate surface area is 233 Å². The number of nitrogens with one attached hydrogen (secondary N) is 1. The van der Waals surface area contributed by atoms with Crippen molar-refractivity contribution in [1.29, 1.82) is 0 Å². The van der Waals surface area contributed by atoms with E-state index in [9.17, 15) is 4.79 Å². The number of rotatable bonds is 12. The molecule has 2 heterocycles. The van der Waals surface area contributed by atoms with Crippen LogP contribution in [-0.4, -0.2) is 76.6 Å². The number of benzene rings is 2. The van der Waals surface area contributed by atoms with Crippen molar-refractivity contribution in [2.75, 3.05) is 64.6 Å². The van der Waals surface area contributed by atoms with Gasteiger partial charge in [0.2, 0.25) is 0 Å². The number of anilines is 1. The van der Waals surface area contributed by atoms with Crippen molar-refractivity contribution in [3.8, 4) is 16.9 Å². The molecule has 0 spiro atoms. The van der Waals surface area contributed by atoms with Crippen LogP contribution in [0.4, 0.5) is 5.69 Å². The highest BCUT2D eigenvalue weighted by atomic mass is 16.5. The summed E-state index contributed by atoms with van der Waals surface area (Å²) in [4.78, 5) is 17.7. The molecule has 210 valence electrons. The monoisotopic (exact) mass is 533 g/mol. The lowest BCUT2D eigenvalue weighted by atomic mass is 10.00. The Bertz CT molecular complexity index is 1130. The van der Waals surface area contributed by atoms with Gasteiger partial charge >= 0.3 is 0 Å². The fraction of sp³-hybridized carbons (Fsp3) is 0.469. The Morgan fingerprint density at radius 2 is 1.92 bits per heavy atom. The minimum absolute atomic E-state index is 0.0513. The number of likely N-dealkylation sites (N-methyl/N-ethyl adjacent to an activating group) is 1. The zero-order valence-corrected chi connectivity index (χ0v) is 23.7. The van der Waals surface area contributed by atoms with Crippen LogP contribution in [0.2, 0.25) is 0 Å². The van der Waals surface area contributed by atoms with Crippen LogP contribution in [0.15, 0.2) is 60.3 Å². The molecule has 0 bridgehead atoms. The number of nitrogens with zero attached hydrogens (tertiary/aromatic N) is 2. The average molecular weight is 534 g/mol. The Morgan fingerprint density at radius 1 is 1.10 bits per heavy atom. The number of fused-ring (bicyclic) bond motifs is 1. The van der Waals surface area contributed by atoms with E-state index in [2.05, 4.69) is 65.5 Å². The summed E-state index contributed by atoms with van der Waals surface area (Å²) in [5, 5.41) is 2.89. The Hall–Kier alpha value is -3.13. The van der Waals surface area contributed by atoms with Gasteiger partial charge in [-0.05, 0) is 80.0 Å². The van der Waals surface area contributed by atoms with Crippen LogP contribution in [0.1, 0.15) is 38.7 Å². The molecule has 4 rings (SSSR count). The van der Waals surface area contributed by atoms with Gasteiger partial charge in [0.25, 0.3) is 5.91 Å². The van der Waals surface area contributed by atoms with Crippen molar-refractivity contribution in [3.05, 3.63) is 65.9 Å². The first kappa shape index (κ1) is 28.9. The summed E-state index contributed by atoms with van der Waals surface area (Å²) in [6, 6.07) is 15.0. The summed E-state index contributed by atoms with van der Waals surface area (Å²) >= 11 is 0. The van der Waals surface area contributed by atoms with Gasteiger partial charge in [-0.15, -0.1) is 0 Å². The number of ether oxygens (including phenoxy) is 3. The van der Waals surface area contributed by atoms with Crippen LogP contribution in [0, 0.1) is 0 Å². The number of amides is 1. The highest BCUT2D eigenvalue weighted by Gasteiger charge is 2.26. The largest absolute Gasteiger partial charge is 0.491 e. The summed E-state index contributed by atoms with van der Waals surface area (Å²) in [6.45, 7) is 10.1. The van der Waals surface area contributed by atoms with E-state index in [1.165, 1.54) is 0 Å². The van der Waals surface area contributed by atoms with E-state index in [-0.39, 0.29) is 5.91 Å². The fourth-order valence-electron chi connectivity index (χ4n) is 4.89. The van der Waals surface area contributed by atoms with Crippen molar-refractivity contribution in [1.82, 2.24) is 10.2 Å². The Morgan fingerprint density at radius 3 is 2.69 bits per heavy atom. The van der Waals surface area contributed by atoms with Crippen LogP contribution in [0.3, 0.4) is 0 Å². The van der Waals surface area contributed by atoms with E-state index in [4.69, 9.17) is 14.2 Å². The number of carbonyl (C=O) groups excluding carboxylic acids is 1. The lowest BCUT2D eigenvalue weighted by Crippen LogP contribution is -2.49. The standard InChI is InChI=1S/C32H43N3O4/c1-4-6-17-37-19-20-39-30-10-7-25(8-11-30)26-9-12-31-28(21-26)22-27(32(36)33-14-5-2)13-15-35(31)23-29-24-38-18-16-34(29)3/h5,7-12,14,21-22,29H,4,6,13,15-20,23-24H2,1-3H3,(H,33,36)/b14-5+/t29-/m1/s1. The summed E-state index contributed by atoms with van der Waals surface area (Å²) < 4.78 is 17.2. The maximum Gasteiger partial charge on any atom is 0.251 e. The molecule has 39 heavy (non-hydrogen) atoms. The lowest BCUT2D eigenvalue weighted by molar-refractivity contribution is -0.116. The maximum atomic E-state index is 12.9. The predicted molar refractivity (Wildman–Crippen MR) is 158 cm³/mol. The highest BCUT2D eigenvalue weighted by Crippen LogP contribution is 2.33. The normalized spacial score (nSPS) is 18.0. The first-order chi connectivity index (χ1) is 19.1. The van der Waals surface area contributed by atoms with Crippen LogP contribution < -0.4 is 15.0 Å². The van der Waals surface area contributed by atoms with Crippen molar-refractivity contribution in [2.24, 2.45) is 0 Å². The van der Waals surface area contributed by atoms with Gasteiger partial charge in [-0.1, -0.05) is 37.6 Å². The second-order valence-corrected chi connectivity index (χ2v) is 10.2. The van der Waals surface area contributed by atoms with Crippen molar-refractivity contribution < 1.29 is 19.0 Å². The topological polar surface area (TPSA) is 63.3 Å². The van der Waals surface area contributed by atoms with E-state index < -0.39 is 0 Å². The van der Waals surface area contributed by atoms with Crippen LogP contribution >= 0.6 is 0 Å². The molecule has 0 radical (unpaired) electrons. The first-order valence-corrected chi connectivity index (χ1v) is 14.2. The van der Waals surface area contributed by atoms with Gasteiger partial charge in [0.15, 0.2) is 0 Å². The van der Waals surface area contributed by atoms with Gasteiger partial charge < -0.3 is 24.4 Å². The smallest absolute Gasteiger partial charge is 0.251 e. The van der Waals surface area contributed by atoms with Crippen LogP contribution in [-0.2, 0) is 14.3 Å². The van der Waals surface area contributed by atoms with Crippen LogP contribution in [0.25, 0.3) is 17.2 Å². The molecule has 0 aromatic heterocycles. The summed E-state index contributed by atoms with van der Waals surface area (Å²) in [6.07, 6.45) is 8.47. The third-order valence-corrected chi connectivity index (χ3v) is 7.30. The summed E-state index contributed by atoms with van der Waals surface area (Å²) in [7, 11) is 2.16. The molecule has 1 amide bonds. The van der Waals surface area contributed by atoms with Crippen molar-refractivity contribution >= 4 is 17.7 Å². The highest BCUT2D eigenvalue weighted by molar-refractivity contribution is 6.00. The average Bonchev–Trinajstić information content (AvgIpc) is 3.14. The van der Waals surface area contributed by atoms with Gasteiger partial charge in [0, 0.05) is 37.5 Å². The van der Waals surface area contributed by atoms with E-state index in [1.807, 2.05) is 25.1 Å². The second kappa shape index (κ2) is 14.9. The molecule has 0 unspecified atom stereocenters. The summed E-state index contributed by atoms with van der Waals surface area (Å²) in [5.41, 5.74) is 5.20. The number of morpholine rings is 1. The quantitative estimate of drug-likeness (QED) is 0.382. The number of hydrogen-bond donors (Lipinski definition) is 1. The van der Waals surface area contributed by atoms with Crippen molar-refractivity contribution in [2.45, 2.75) is 39.2 Å². The minimum Gasteiger partial charge on any atom is -0.491 e. The number of carbonyl (C=O) groups is 1. The number of unbranched alkanes of at least 4 members (excludes halogenated alkanes) is 1. The maximum absolute atomic E-state index is 12.9. The van der Waals surface area contributed by atoms with E-state index in [0.717, 1.165) is 86.0 Å². The molecule has 7 nitrogen and oxygen atoms in total. The molecule has 1 fully saturated rings. The molecule has 1 atom stereocenters. The lowest BCUT2D eigenvalue weighted by Gasteiger charge is -2.37. The Kier molecular flexibility index (Phi) is 11.0. The first-order valence-electron chi connectivity index (χ1n) is 14.2. The second-order valence-electron chi connectivity index (χ2n) is 10.2. The third-order valence-electron chi connectivity index (χ3n) is 7.30. The third kappa shape index (κ3) is 8.18. The molecule has 0 aliphatic carbocycles. The Balaban J connectivity index is 1.52. The van der Waals surface area contributed by atoms with Crippen molar-refractivity contribution in [3.63, 3.8) is 0 Å². The zero-order valence-electron chi connectivity index (χ0n) is 23.7. The fourth-order valence-corrected chi connectivity index (χ4v) is 4.89. The summed E-state index contributed by atoms with van der Waals surface area (Å²) in [5.74, 6) is 0.782. The molecule has 2 aromatic carbocycles. The molecule has 7 heteroatoms. The molecule has 2 aromatic rings. The van der Waals surface area contributed by atoms with Gasteiger partial charge in [-0.2, -0.15) is 0 Å². The predicted octanol–water partition coefficient (Wildman–Crippen LogP) is 5.12. The zero-order chi connectivity index (χ0) is 27.5. The van der Waals surface area contributed by atoms with E-state index in [0.29, 0.717) is 25.7 Å². The van der Waals surface area contributed by atoms with E-state index >= 15 is 0 Å². The van der Waals surface area contributed by atoms with Gasteiger partial charge in [0.1, 0.15) is 12.4 Å². The number of hydrogen-bond acceptors (Lipinski definition) is 6.